The van der Waals surface area contributed by atoms with Crippen LogP contribution in [0, 0.1) is 5.92 Å². The smallest absolute Gasteiger partial charge is 0.106 e. The van der Waals surface area contributed by atoms with Crippen molar-refractivity contribution < 1.29 is 4.74 Å². The molecule has 1 aliphatic heterocycles. The lowest BCUT2D eigenvalue weighted by Crippen LogP contribution is -2.25. The number of aromatic nitrogens is 2. The third kappa shape index (κ3) is 4.33. The molecule has 2 heterocycles. The van der Waals surface area contributed by atoms with Gasteiger partial charge in [0.25, 0.3) is 0 Å². The van der Waals surface area contributed by atoms with Crippen LogP contribution >= 0.6 is 58.2 Å². The molecule has 3 nitrogen and oxygen atoms in total. The van der Waals surface area contributed by atoms with Crippen molar-refractivity contribution in [3.63, 3.8) is 0 Å². The van der Waals surface area contributed by atoms with Crippen LogP contribution in [0.15, 0.2) is 47.6 Å². The van der Waals surface area contributed by atoms with Crippen molar-refractivity contribution in [1.29, 1.82) is 0 Å². The molecule has 2 aromatic carbocycles. The molecule has 0 bridgehead atoms. The molecule has 0 amide bonds. The van der Waals surface area contributed by atoms with Crippen LogP contribution < -0.4 is 0 Å². The number of nitrogens with zero attached hydrogens (tertiary/aromatic N) is 1. The van der Waals surface area contributed by atoms with Gasteiger partial charge in [-0.15, -0.1) is 11.8 Å². The molecule has 4 rings (SSSR count). The fourth-order valence-corrected chi connectivity index (χ4v) is 5.87. The third-order valence-electron chi connectivity index (χ3n) is 4.70. The number of rotatable bonds is 5. The summed E-state index contributed by atoms with van der Waals surface area (Å²) in [4.78, 5) is 8.58. The van der Waals surface area contributed by atoms with Crippen LogP contribution in [0.25, 0.3) is 0 Å². The second-order valence-corrected chi connectivity index (χ2v) is 9.26. The maximum atomic E-state index is 6.58. The maximum absolute atomic E-state index is 6.58. The molecule has 0 fully saturated rings. The van der Waals surface area contributed by atoms with Crippen LogP contribution in [0.4, 0.5) is 0 Å². The number of imidazole rings is 1. The number of fused-ring (bicyclic) bond motifs is 1. The zero-order chi connectivity index (χ0) is 19.7. The summed E-state index contributed by atoms with van der Waals surface area (Å²) < 4.78 is 6.39. The standard InChI is InChI=1S/C20H16Cl4N2OS/c21-12-7-16(24)19-17(8-12)28-10-11(6-18-25-4-5-26-18)20(19)27-9-13-14(22)2-1-3-15(13)23/h1-5,7-8,11,20H,6,9-10H2,(H,25,26)/t11-,20-/m0/s1. The summed E-state index contributed by atoms with van der Waals surface area (Å²) in [7, 11) is 0. The van der Waals surface area contributed by atoms with Crippen LogP contribution in [-0.4, -0.2) is 15.7 Å². The van der Waals surface area contributed by atoms with Crippen molar-refractivity contribution in [3.8, 4) is 0 Å². The Hall–Kier alpha value is -0.880. The molecule has 1 aromatic heterocycles. The maximum Gasteiger partial charge on any atom is 0.106 e. The largest absolute Gasteiger partial charge is 0.368 e. The van der Waals surface area contributed by atoms with Crippen LogP contribution in [0.1, 0.15) is 23.1 Å². The van der Waals surface area contributed by atoms with Crippen molar-refractivity contribution in [2.75, 3.05) is 5.75 Å². The number of benzene rings is 2. The lowest BCUT2D eigenvalue weighted by Gasteiger charge is -2.34. The zero-order valence-corrected chi connectivity index (χ0v) is 18.4. The second-order valence-electron chi connectivity index (χ2n) is 6.54. The normalized spacial score (nSPS) is 18.9. The molecule has 8 heteroatoms. The van der Waals surface area contributed by atoms with E-state index in [2.05, 4.69) is 9.97 Å². The highest BCUT2D eigenvalue weighted by Crippen LogP contribution is 2.47. The highest BCUT2D eigenvalue weighted by molar-refractivity contribution is 7.99. The van der Waals surface area contributed by atoms with Gasteiger partial charge >= 0.3 is 0 Å². The van der Waals surface area contributed by atoms with Gasteiger partial charge in [0.15, 0.2) is 0 Å². The van der Waals surface area contributed by atoms with Gasteiger partial charge in [0, 0.05) is 66.6 Å². The van der Waals surface area contributed by atoms with E-state index in [0.717, 1.165) is 34.0 Å². The summed E-state index contributed by atoms with van der Waals surface area (Å²) in [6.45, 7) is 0.293. The molecular weight excluding hydrogens is 458 g/mol. The highest BCUT2D eigenvalue weighted by atomic mass is 35.5. The number of aromatic amines is 1. The molecule has 0 unspecified atom stereocenters. The average Bonchev–Trinajstić information content (AvgIpc) is 3.15. The molecule has 0 aliphatic carbocycles. The minimum Gasteiger partial charge on any atom is -0.368 e. The molecule has 1 N–H and O–H groups in total. The minimum atomic E-state index is -0.224. The topological polar surface area (TPSA) is 37.9 Å². The second kappa shape index (κ2) is 8.86. The van der Waals surface area contributed by atoms with Crippen molar-refractivity contribution in [1.82, 2.24) is 9.97 Å². The lowest BCUT2D eigenvalue weighted by molar-refractivity contribution is 0.00189. The molecule has 1 aliphatic rings. The molecule has 0 saturated carbocycles. The summed E-state index contributed by atoms with van der Waals surface area (Å²) in [5.74, 6) is 1.97. The predicted molar refractivity (Wildman–Crippen MR) is 117 cm³/mol. The Bertz CT molecular complexity index is 960. The first-order chi connectivity index (χ1) is 13.5. The summed E-state index contributed by atoms with van der Waals surface area (Å²) in [6, 6.07) is 9.14. The molecule has 3 aromatic rings. The summed E-state index contributed by atoms with van der Waals surface area (Å²) in [6.07, 6.45) is 4.11. The Morgan fingerprint density at radius 2 is 1.89 bits per heavy atom. The van der Waals surface area contributed by atoms with Crippen molar-refractivity contribution in [2.45, 2.75) is 24.0 Å². The van der Waals surface area contributed by atoms with E-state index in [1.165, 1.54) is 0 Å². The summed E-state index contributed by atoms with van der Waals surface area (Å²) >= 11 is 27.2. The average molecular weight is 474 g/mol. The van der Waals surface area contributed by atoms with Gasteiger partial charge in [-0.25, -0.2) is 4.98 Å². The first kappa shape index (κ1) is 20.4. The van der Waals surface area contributed by atoms with Gasteiger partial charge in [0.1, 0.15) is 5.82 Å². The highest BCUT2D eigenvalue weighted by Gasteiger charge is 2.34. The Labute approximate surface area is 187 Å². The monoisotopic (exact) mass is 472 g/mol. The Morgan fingerprint density at radius 1 is 1.11 bits per heavy atom. The molecule has 146 valence electrons. The first-order valence-electron chi connectivity index (χ1n) is 8.67. The Morgan fingerprint density at radius 3 is 2.61 bits per heavy atom. The first-order valence-corrected chi connectivity index (χ1v) is 11.2. The van der Waals surface area contributed by atoms with E-state index in [1.54, 1.807) is 24.0 Å². The van der Waals surface area contributed by atoms with E-state index in [-0.39, 0.29) is 12.0 Å². The van der Waals surface area contributed by atoms with Crippen molar-refractivity contribution in [2.24, 2.45) is 5.92 Å². The minimum absolute atomic E-state index is 0.184. The Balaban J connectivity index is 1.66. The van der Waals surface area contributed by atoms with E-state index in [9.17, 15) is 0 Å². The van der Waals surface area contributed by atoms with Crippen molar-refractivity contribution in [3.05, 3.63) is 79.8 Å². The van der Waals surface area contributed by atoms with Gasteiger partial charge in [-0.2, -0.15) is 0 Å². The number of hydrogen-bond acceptors (Lipinski definition) is 3. The third-order valence-corrected chi connectivity index (χ3v) is 7.18. The number of halogens is 4. The number of hydrogen-bond donors (Lipinski definition) is 1. The fourth-order valence-electron chi connectivity index (χ4n) is 3.36. The van der Waals surface area contributed by atoms with Gasteiger partial charge in [-0.1, -0.05) is 52.5 Å². The predicted octanol–water partition coefficient (Wildman–Crippen LogP) is 7.25. The van der Waals surface area contributed by atoms with Crippen molar-refractivity contribution >= 4 is 58.2 Å². The molecule has 0 saturated heterocycles. The molecular formula is C20H16Cl4N2OS. The van der Waals surface area contributed by atoms with Gasteiger partial charge in [0.05, 0.1) is 12.7 Å². The van der Waals surface area contributed by atoms with Crippen LogP contribution in [0.2, 0.25) is 20.1 Å². The van der Waals surface area contributed by atoms with E-state index >= 15 is 0 Å². The van der Waals surface area contributed by atoms with Crippen LogP contribution in [0.3, 0.4) is 0 Å². The lowest BCUT2D eigenvalue weighted by atomic mass is 9.93. The van der Waals surface area contributed by atoms with E-state index in [4.69, 9.17) is 51.1 Å². The van der Waals surface area contributed by atoms with E-state index in [0.29, 0.717) is 26.7 Å². The summed E-state index contributed by atoms with van der Waals surface area (Å²) in [5.41, 5.74) is 1.73. The molecule has 2 atom stereocenters. The zero-order valence-electron chi connectivity index (χ0n) is 14.6. The van der Waals surface area contributed by atoms with Gasteiger partial charge in [-0.3, -0.25) is 0 Å². The number of ether oxygens (including phenoxy) is 1. The van der Waals surface area contributed by atoms with E-state index < -0.39 is 0 Å². The number of H-pyrrole nitrogens is 1. The van der Waals surface area contributed by atoms with Crippen LogP contribution in [0.5, 0.6) is 0 Å². The molecule has 0 spiro atoms. The van der Waals surface area contributed by atoms with Gasteiger partial charge in [-0.05, 0) is 24.3 Å². The SMILES string of the molecule is Clc1cc(Cl)c2c(c1)SC[C@H](Cc1ncc[nH]1)[C@@H]2OCc1c(Cl)cccc1Cl. The number of thioether (sulfide) groups is 1. The fraction of sp³-hybridized carbons (Fsp3) is 0.250. The van der Waals surface area contributed by atoms with Gasteiger partial charge in [0.2, 0.25) is 0 Å². The Kier molecular flexibility index (Phi) is 6.46. The van der Waals surface area contributed by atoms with Gasteiger partial charge < -0.3 is 9.72 Å². The summed E-state index contributed by atoms with van der Waals surface area (Å²) in [5, 5.41) is 2.40. The quantitative estimate of drug-likeness (QED) is 0.424. The molecule has 28 heavy (non-hydrogen) atoms. The number of nitrogens with one attached hydrogen (secondary N) is 1. The van der Waals surface area contributed by atoms with E-state index in [1.807, 2.05) is 30.5 Å². The van der Waals surface area contributed by atoms with Crippen LogP contribution in [-0.2, 0) is 17.8 Å². The molecule has 0 radical (unpaired) electrons.